The van der Waals surface area contributed by atoms with Crippen LogP contribution in [0.2, 0.25) is 0 Å². The normalized spacial score (nSPS) is 16.8. The van der Waals surface area contributed by atoms with Gasteiger partial charge in [0.25, 0.3) is 0 Å². The molecule has 1 heterocycles. The van der Waals surface area contributed by atoms with Crippen LogP contribution in [0.15, 0.2) is 42.5 Å². The molecule has 5 nitrogen and oxygen atoms in total. The second-order valence-corrected chi connectivity index (χ2v) is 5.98. The smallest absolute Gasteiger partial charge is 0.337 e. The summed E-state index contributed by atoms with van der Waals surface area (Å²) in [5.74, 6) is -1.05. The van der Waals surface area contributed by atoms with Crippen LogP contribution >= 0.6 is 11.6 Å². The molecule has 6 heteroatoms. The molecular formula is C18H16ClNO4. The number of hydrogen-bond acceptors (Lipinski definition) is 4. The van der Waals surface area contributed by atoms with Crippen molar-refractivity contribution in [2.45, 2.75) is 17.9 Å². The molecule has 0 spiro atoms. The minimum absolute atomic E-state index is 0.347. The van der Waals surface area contributed by atoms with E-state index in [-0.39, 0.29) is 0 Å². The Bertz CT molecular complexity index is 805. The average molecular weight is 346 g/mol. The Kier molecular flexibility index (Phi) is 4.44. The molecule has 0 bridgehead atoms. The molecule has 1 aliphatic heterocycles. The highest BCUT2D eigenvalue weighted by Crippen LogP contribution is 2.41. The van der Waals surface area contributed by atoms with E-state index < -0.39 is 23.2 Å². The molecule has 0 saturated heterocycles. The first kappa shape index (κ1) is 16.3. The summed E-state index contributed by atoms with van der Waals surface area (Å²) in [5, 5.41) is -0.973. The largest absolute Gasteiger partial charge is 0.489 e. The predicted molar refractivity (Wildman–Crippen MR) is 89.2 cm³/mol. The Morgan fingerprint density at radius 1 is 1.25 bits per heavy atom. The number of halogens is 1. The maximum Gasteiger partial charge on any atom is 0.337 e. The first-order valence-corrected chi connectivity index (χ1v) is 7.83. The van der Waals surface area contributed by atoms with E-state index in [1.807, 2.05) is 24.3 Å². The third-order valence-electron chi connectivity index (χ3n) is 4.10. The zero-order chi connectivity index (χ0) is 17.3. The molecule has 3 rings (SSSR count). The van der Waals surface area contributed by atoms with Crippen molar-refractivity contribution < 1.29 is 19.1 Å². The Labute approximate surface area is 144 Å². The van der Waals surface area contributed by atoms with E-state index in [9.17, 15) is 9.59 Å². The maximum absolute atomic E-state index is 11.9. The second-order valence-electron chi connectivity index (χ2n) is 5.51. The van der Waals surface area contributed by atoms with E-state index in [4.69, 9.17) is 26.8 Å². The Morgan fingerprint density at radius 3 is 2.71 bits per heavy atom. The van der Waals surface area contributed by atoms with Crippen molar-refractivity contribution >= 4 is 23.5 Å². The molecule has 2 aromatic carbocycles. The molecule has 0 aromatic heterocycles. The number of primary amides is 1. The molecule has 2 atom stereocenters. The Morgan fingerprint density at radius 2 is 2.00 bits per heavy atom. The summed E-state index contributed by atoms with van der Waals surface area (Å²) < 4.78 is 10.6. The van der Waals surface area contributed by atoms with E-state index in [0.717, 1.165) is 11.1 Å². The molecule has 1 aliphatic rings. The van der Waals surface area contributed by atoms with Crippen molar-refractivity contribution in [3.8, 4) is 5.75 Å². The summed E-state index contributed by atoms with van der Waals surface area (Å²) in [7, 11) is 1.31. The van der Waals surface area contributed by atoms with Crippen molar-refractivity contribution in [3.05, 3.63) is 64.7 Å². The summed E-state index contributed by atoms with van der Waals surface area (Å²) in [6.07, 6.45) is 0. The van der Waals surface area contributed by atoms with Gasteiger partial charge in [0, 0.05) is 11.5 Å². The molecule has 124 valence electrons. The first-order valence-electron chi connectivity index (χ1n) is 7.39. The van der Waals surface area contributed by atoms with Crippen molar-refractivity contribution in [2.75, 3.05) is 7.11 Å². The summed E-state index contributed by atoms with van der Waals surface area (Å²) in [6, 6.07) is 12.5. The molecule has 0 radical (unpaired) electrons. The zero-order valence-corrected chi connectivity index (χ0v) is 13.7. The van der Waals surface area contributed by atoms with Crippen LogP contribution < -0.4 is 10.5 Å². The summed E-state index contributed by atoms with van der Waals surface area (Å²) in [6.45, 7) is 0.347. The highest BCUT2D eigenvalue weighted by Gasteiger charge is 2.34. The highest BCUT2D eigenvalue weighted by molar-refractivity contribution is 6.31. The fourth-order valence-corrected chi connectivity index (χ4v) is 3.21. The van der Waals surface area contributed by atoms with Crippen molar-refractivity contribution in [1.29, 1.82) is 0 Å². The van der Waals surface area contributed by atoms with Gasteiger partial charge in [-0.25, -0.2) is 4.79 Å². The SMILES string of the molecule is COC(=O)c1ccc2c(c1)C(C(Cl)C(N)=O)c1ccccc1CO2. The third-order valence-corrected chi connectivity index (χ3v) is 4.57. The highest BCUT2D eigenvalue weighted by atomic mass is 35.5. The number of hydrogen-bond donors (Lipinski definition) is 1. The summed E-state index contributed by atoms with van der Waals surface area (Å²) >= 11 is 6.34. The lowest BCUT2D eigenvalue weighted by molar-refractivity contribution is -0.117. The molecule has 2 N–H and O–H groups in total. The Hall–Kier alpha value is -2.53. The minimum Gasteiger partial charge on any atom is -0.489 e. The van der Waals surface area contributed by atoms with Crippen LogP contribution in [-0.2, 0) is 16.1 Å². The van der Waals surface area contributed by atoms with Crippen LogP contribution in [0.25, 0.3) is 0 Å². The zero-order valence-electron chi connectivity index (χ0n) is 13.0. The van der Waals surface area contributed by atoms with Gasteiger partial charge >= 0.3 is 5.97 Å². The number of alkyl halides is 1. The molecule has 0 fully saturated rings. The van der Waals surface area contributed by atoms with E-state index in [0.29, 0.717) is 23.5 Å². The monoisotopic (exact) mass is 345 g/mol. The van der Waals surface area contributed by atoms with Gasteiger partial charge in [0.15, 0.2) is 0 Å². The number of ether oxygens (including phenoxy) is 2. The standard InChI is InChI=1S/C18H16ClNO4/c1-23-18(22)10-6-7-14-13(8-10)15(16(19)17(20)21)12-5-3-2-4-11(12)9-24-14/h2-8,15-16H,9H2,1H3,(H2,20,21). The predicted octanol–water partition coefficient (Wildman–Crippen LogP) is 2.59. The molecule has 0 saturated carbocycles. The molecule has 2 aromatic rings. The van der Waals surface area contributed by atoms with Gasteiger partial charge in [0.05, 0.1) is 12.7 Å². The number of nitrogens with two attached hydrogens (primary N) is 1. The van der Waals surface area contributed by atoms with Crippen molar-refractivity contribution in [1.82, 2.24) is 0 Å². The molecule has 1 amide bonds. The number of rotatable bonds is 3. The number of benzene rings is 2. The first-order chi connectivity index (χ1) is 11.5. The van der Waals surface area contributed by atoms with Gasteiger partial charge in [-0.3, -0.25) is 4.79 Å². The van der Waals surface area contributed by atoms with Crippen LogP contribution in [0.3, 0.4) is 0 Å². The maximum atomic E-state index is 11.9. The van der Waals surface area contributed by atoms with Gasteiger partial charge in [0.2, 0.25) is 5.91 Å². The summed E-state index contributed by atoms with van der Waals surface area (Å²) in [4.78, 5) is 23.6. The van der Waals surface area contributed by atoms with Gasteiger partial charge in [-0.15, -0.1) is 11.6 Å². The molecule has 2 unspecified atom stereocenters. The number of carbonyl (C=O) groups excluding carboxylic acids is 2. The summed E-state index contributed by atoms with van der Waals surface area (Å²) in [5.41, 5.74) is 8.23. The Balaban J connectivity index is 2.21. The van der Waals surface area contributed by atoms with Gasteiger partial charge in [-0.05, 0) is 29.3 Å². The van der Waals surface area contributed by atoms with Gasteiger partial charge in [0.1, 0.15) is 17.7 Å². The van der Waals surface area contributed by atoms with Gasteiger partial charge in [-0.1, -0.05) is 24.3 Å². The molecule has 24 heavy (non-hydrogen) atoms. The number of amides is 1. The number of esters is 1. The number of carbonyl (C=O) groups is 2. The average Bonchev–Trinajstić information content (AvgIpc) is 2.76. The fraction of sp³-hybridized carbons (Fsp3) is 0.222. The van der Waals surface area contributed by atoms with Crippen molar-refractivity contribution in [3.63, 3.8) is 0 Å². The lowest BCUT2D eigenvalue weighted by Crippen LogP contribution is -2.30. The third kappa shape index (κ3) is 2.83. The fourth-order valence-electron chi connectivity index (χ4n) is 2.94. The van der Waals surface area contributed by atoms with E-state index in [1.165, 1.54) is 7.11 Å². The van der Waals surface area contributed by atoms with Crippen LogP contribution in [0.4, 0.5) is 0 Å². The van der Waals surface area contributed by atoms with Crippen LogP contribution in [0.5, 0.6) is 5.75 Å². The topological polar surface area (TPSA) is 78.6 Å². The van der Waals surface area contributed by atoms with Gasteiger partial charge in [-0.2, -0.15) is 0 Å². The van der Waals surface area contributed by atoms with Crippen LogP contribution in [0, 0.1) is 0 Å². The van der Waals surface area contributed by atoms with E-state index in [2.05, 4.69) is 0 Å². The lowest BCUT2D eigenvalue weighted by atomic mass is 9.85. The van der Waals surface area contributed by atoms with Crippen molar-refractivity contribution in [2.24, 2.45) is 5.73 Å². The molecular weight excluding hydrogens is 330 g/mol. The van der Waals surface area contributed by atoms with Gasteiger partial charge < -0.3 is 15.2 Å². The van der Waals surface area contributed by atoms with Crippen LogP contribution in [-0.4, -0.2) is 24.4 Å². The second kappa shape index (κ2) is 6.53. The number of methoxy groups -OCH3 is 1. The number of fused-ring (bicyclic) bond motifs is 2. The van der Waals surface area contributed by atoms with E-state index >= 15 is 0 Å². The van der Waals surface area contributed by atoms with E-state index in [1.54, 1.807) is 18.2 Å². The lowest BCUT2D eigenvalue weighted by Gasteiger charge is -2.22. The quantitative estimate of drug-likeness (QED) is 0.685. The molecule has 0 aliphatic carbocycles. The minimum atomic E-state index is -0.973. The van der Waals surface area contributed by atoms with Crippen LogP contribution in [0.1, 0.15) is 33.0 Å².